The number of aromatic amines is 1. The molecule has 1 aliphatic carbocycles. The van der Waals surface area contributed by atoms with Crippen LogP contribution in [0.15, 0.2) is 40.9 Å². The summed E-state index contributed by atoms with van der Waals surface area (Å²) in [6, 6.07) is 9.84. The summed E-state index contributed by atoms with van der Waals surface area (Å²) < 4.78 is 30.2. The second-order valence-corrected chi connectivity index (χ2v) is 9.44. The highest BCUT2D eigenvalue weighted by molar-refractivity contribution is 5.77. The number of nitrogens with zero attached hydrogens (tertiary/aromatic N) is 5. The molecule has 12 heteroatoms. The van der Waals surface area contributed by atoms with Crippen LogP contribution in [0, 0.1) is 5.82 Å². The van der Waals surface area contributed by atoms with E-state index in [1.54, 1.807) is 18.2 Å². The van der Waals surface area contributed by atoms with Gasteiger partial charge in [0.15, 0.2) is 5.76 Å². The van der Waals surface area contributed by atoms with Crippen molar-refractivity contribution in [2.24, 2.45) is 0 Å². The van der Waals surface area contributed by atoms with Gasteiger partial charge in [-0.15, -0.1) is 0 Å². The number of aromatic nitrogens is 5. The summed E-state index contributed by atoms with van der Waals surface area (Å²) in [6.07, 6.45) is 2.31. The van der Waals surface area contributed by atoms with Crippen molar-refractivity contribution in [2.45, 2.75) is 25.3 Å². The molecule has 0 atom stereocenters. The third kappa shape index (κ3) is 5.60. The van der Waals surface area contributed by atoms with E-state index in [0.717, 1.165) is 56.9 Å². The molecule has 4 N–H and O–H groups in total. The summed E-state index contributed by atoms with van der Waals surface area (Å²) in [5.74, 6) is 1.71. The van der Waals surface area contributed by atoms with Crippen LogP contribution in [0.2, 0.25) is 0 Å². The monoisotopic (exact) mass is 520 g/mol. The topological polar surface area (TPSA) is 140 Å². The molecule has 2 aliphatic rings. The molecule has 1 saturated carbocycles. The van der Waals surface area contributed by atoms with E-state index in [9.17, 15) is 4.39 Å². The van der Waals surface area contributed by atoms with Crippen LogP contribution in [-0.2, 0) is 11.3 Å². The Morgan fingerprint density at radius 1 is 1.11 bits per heavy atom. The molecule has 0 amide bonds. The largest absolute Gasteiger partial charge is 0.476 e. The standard InChI is InChI=1S/C26H29FN8O3/c27-18-5-3-17(4-6-18)21-13-19(38-34-21)15-29-26-30-24(28)23(22-14-20(32-33-22)16-1-2-16)25(31-26)37-12-9-35-7-10-36-11-8-35/h3-6,13-14,16H,1-2,7-12,15H2,(H,32,33)(H3,28,29,30,31). The van der Waals surface area contributed by atoms with Gasteiger partial charge in [0.05, 0.1) is 19.8 Å². The molecule has 198 valence electrons. The number of benzene rings is 1. The average molecular weight is 521 g/mol. The lowest BCUT2D eigenvalue weighted by molar-refractivity contribution is 0.0320. The molecule has 1 aliphatic heterocycles. The highest BCUT2D eigenvalue weighted by atomic mass is 19.1. The minimum atomic E-state index is -0.307. The quantitative estimate of drug-likeness (QED) is 0.285. The lowest BCUT2D eigenvalue weighted by Crippen LogP contribution is -2.38. The molecule has 0 unspecified atom stereocenters. The van der Waals surface area contributed by atoms with Crippen molar-refractivity contribution in [1.29, 1.82) is 0 Å². The van der Waals surface area contributed by atoms with E-state index in [1.807, 2.05) is 6.07 Å². The Bertz CT molecular complexity index is 1380. The molecule has 3 aromatic heterocycles. The second-order valence-electron chi connectivity index (χ2n) is 9.44. The molecule has 4 heterocycles. The molecule has 0 bridgehead atoms. The number of hydrogen-bond acceptors (Lipinski definition) is 10. The number of H-pyrrole nitrogens is 1. The number of ether oxygens (including phenoxy) is 2. The smallest absolute Gasteiger partial charge is 0.230 e. The Balaban J connectivity index is 1.19. The van der Waals surface area contributed by atoms with Crippen molar-refractivity contribution < 1.29 is 18.4 Å². The molecule has 4 aromatic rings. The normalized spacial score (nSPS) is 16.0. The Hall–Kier alpha value is -4.03. The third-order valence-electron chi connectivity index (χ3n) is 6.64. The summed E-state index contributed by atoms with van der Waals surface area (Å²) in [5.41, 5.74) is 10.1. The van der Waals surface area contributed by atoms with Gasteiger partial charge in [-0.3, -0.25) is 10.00 Å². The Kier molecular flexibility index (Phi) is 6.88. The fourth-order valence-corrected chi connectivity index (χ4v) is 4.36. The first-order valence-electron chi connectivity index (χ1n) is 12.7. The Labute approximate surface area is 218 Å². The van der Waals surface area contributed by atoms with Crippen molar-refractivity contribution in [3.63, 3.8) is 0 Å². The fraction of sp³-hybridized carbons (Fsp3) is 0.385. The minimum Gasteiger partial charge on any atom is -0.476 e. The van der Waals surface area contributed by atoms with Crippen molar-refractivity contribution in [3.8, 4) is 28.4 Å². The lowest BCUT2D eigenvalue weighted by Gasteiger charge is -2.26. The summed E-state index contributed by atoms with van der Waals surface area (Å²) in [4.78, 5) is 11.4. The third-order valence-corrected chi connectivity index (χ3v) is 6.64. The van der Waals surface area contributed by atoms with Crippen molar-refractivity contribution >= 4 is 11.8 Å². The number of nitrogens with two attached hydrogens (primary N) is 1. The van der Waals surface area contributed by atoms with Gasteiger partial charge in [-0.1, -0.05) is 5.16 Å². The van der Waals surface area contributed by atoms with E-state index in [4.69, 9.17) is 19.7 Å². The predicted octanol–water partition coefficient (Wildman–Crippen LogP) is 3.44. The van der Waals surface area contributed by atoms with E-state index in [2.05, 4.69) is 35.5 Å². The van der Waals surface area contributed by atoms with Crippen LogP contribution >= 0.6 is 0 Å². The maximum Gasteiger partial charge on any atom is 0.230 e. The zero-order valence-corrected chi connectivity index (χ0v) is 20.8. The zero-order chi connectivity index (χ0) is 25.9. The molecule has 0 spiro atoms. The van der Waals surface area contributed by atoms with Gasteiger partial charge in [-0.2, -0.15) is 15.1 Å². The molecule has 1 saturated heterocycles. The molecule has 1 aromatic carbocycles. The van der Waals surface area contributed by atoms with Crippen LogP contribution in [0.4, 0.5) is 16.2 Å². The number of anilines is 2. The molecule has 2 fully saturated rings. The average Bonchev–Trinajstić information content (AvgIpc) is 3.47. The van der Waals surface area contributed by atoms with Crippen LogP contribution in [0.25, 0.3) is 22.5 Å². The second kappa shape index (κ2) is 10.8. The van der Waals surface area contributed by atoms with Crippen molar-refractivity contribution in [1.82, 2.24) is 30.2 Å². The number of halogens is 1. The van der Waals surface area contributed by atoms with Gasteiger partial charge in [-0.05, 0) is 43.2 Å². The highest BCUT2D eigenvalue weighted by Crippen LogP contribution is 2.41. The van der Waals surface area contributed by atoms with Gasteiger partial charge in [0, 0.05) is 42.9 Å². The van der Waals surface area contributed by atoms with E-state index in [1.165, 1.54) is 12.1 Å². The van der Waals surface area contributed by atoms with Crippen LogP contribution in [0.5, 0.6) is 5.88 Å². The number of nitrogens with one attached hydrogen (secondary N) is 2. The molecular weight excluding hydrogens is 491 g/mol. The van der Waals surface area contributed by atoms with Crippen molar-refractivity contribution in [3.05, 3.63) is 53.7 Å². The molecule has 38 heavy (non-hydrogen) atoms. The van der Waals surface area contributed by atoms with Gasteiger partial charge >= 0.3 is 0 Å². The minimum absolute atomic E-state index is 0.266. The van der Waals surface area contributed by atoms with E-state index < -0.39 is 0 Å². The maximum atomic E-state index is 13.2. The summed E-state index contributed by atoms with van der Waals surface area (Å²) >= 11 is 0. The van der Waals surface area contributed by atoms with Gasteiger partial charge in [0.2, 0.25) is 11.8 Å². The first-order chi connectivity index (χ1) is 18.6. The van der Waals surface area contributed by atoms with Crippen LogP contribution < -0.4 is 15.8 Å². The summed E-state index contributed by atoms with van der Waals surface area (Å²) in [7, 11) is 0. The first kappa shape index (κ1) is 24.3. The van der Waals surface area contributed by atoms with Gasteiger partial charge in [0.25, 0.3) is 0 Å². The summed E-state index contributed by atoms with van der Waals surface area (Å²) in [6.45, 7) is 4.64. The van der Waals surface area contributed by atoms with Gasteiger partial charge < -0.3 is 25.0 Å². The van der Waals surface area contributed by atoms with Crippen LogP contribution in [0.1, 0.15) is 30.2 Å². The Morgan fingerprint density at radius 3 is 2.71 bits per heavy atom. The van der Waals surface area contributed by atoms with Crippen molar-refractivity contribution in [2.75, 3.05) is 50.5 Å². The van der Waals surface area contributed by atoms with Crippen LogP contribution in [-0.4, -0.2) is 69.7 Å². The van der Waals surface area contributed by atoms with Gasteiger partial charge in [-0.25, -0.2) is 4.39 Å². The number of hydrogen-bond donors (Lipinski definition) is 3. The van der Waals surface area contributed by atoms with E-state index in [0.29, 0.717) is 47.1 Å². The summed E-state index contributed by atoms with van der Waals surface area (Å²) in [5, 5.41) is 14.8. The number of nitrogen functional groups attached to an aromatic ring is 1. The van der Waals surface area contributed by atoms with Crippen LogP contribution in [0.3, 0.4) is 0 Å². The van der Waals surface area contributed by atoms with E-state index in [-0.39, 0.29) is 18.2 Å². The molecular formula is C26H29FN8O3. The number of rotatable bonds is 10. The highest BCUT2D eigenvalue weighted by Gasteiger charge is 2.27. The number of morpholine rings is 1. The maximum absolute atomic E-state index is 13.2. The molecule has 11 nitrogen and oxygen atoms in total. The zero-order valence-electron chi connectivity index (χ0n) is 20.8. The van der Waals surface area contributed by atoms with E-state index >= 15 is 0 Å². The molecule has 0 radical (unpaired) electrons. The van der Waals surface area contributed by atoms with Gasteiger partial charge in [0.1, 0.15) is 35.2 Å². The lowest BCUT2D eigenvalue weighted by atomic mass is 10.1. The Morgan fingerprint density at radius 2 is 1.92 bits per heavy atom. The predicted molar refractivity (Wildman–Crippen MR) is 138 cm³/mol. The SMILES string of the molecule is Nc1nc(NCc2cc(-c3ccc(F)cc3)no2)nc(OCCN2CCOCC2)c1-c1cc(C2CC2)[nH]n1. The first-order valence-corrected chi connectivity index (χ1v) is 12.7. The fourth-order valence-electron chi connectivity index (χ4n) is 4.36. The molecule has 6 rings (SSSR count).